The highest BCUT2D eigenvalue weighted by Crippen LogP contribution is 2.34. The summed E-state index contributed by atoms with van der Waals surface area (Å²) in [5.41, 5.74) is 4.12. The Morgan fingerprint density at radius 1 is 1.15 bits per heavy atom. The fourth-order valence-electron chi connectivity index (χ4n) is 2.66. The summed E-state index contributed by atoms with van der Waals surface area (Å²) >= 11 is 0. The highest BCUT2D eigenvalue weighted by molar-refractivity contribution is 6.20. The number of rotatable bonds is 1. The Labute approximate surface area is 114 Å². The van der Waals surface area contributed by atoms with Crippen molar-refractivity contribution in [2.45, 2.75) is 0 Å². The molecule has 0 saturated heterocycles. The highest BCUT2D eigenvalue weighted by Gasteiger charge is 2.21. The largest absolute Gasteiger partial charge is 0.508 e. The molecule has 0 aliphatic carbocycles. The molecule has 0 fully saturated rings. The minimum absolute atomic E-state index is 0.213. The quantitative estimate of drug-likeness (QED) is 0.707. The van der Waals surface area contributed by atoms with Crippen molar-refractivity contribution < 1.29 is 9.90 Å². The number of phenols is 1. The van der Waals surface area contributed by atoms with E-state index >= 15 is 0 Å². The van der Waals surface area contributed by atoms with E-state index in [1.807, 2.05) is 24.4 Å². The Morgan fingerprint density at radius 2 is 2.05 bits per heavy atom. The zero-order valence-corrected chi connectivity index (χ0v) is 10.4. The summed E-state index contributed by atoms with van der Waals surface area (Å²) in [6.07, 6.45) is 3.44. The summed E-state index contributed by atoms with van der Waals surface area (Å²) in [4.78, 5) is 18.8. The summed E-state index contributed by atoms with van der Waals surface area (Å²) in [5, 5.41) is 10.5. The molecule has 1 amide bonds. The second kappa shape index (κ2) is 3.81. The SMILES string of the molecule is O=C1N=Cc2ccc3c(-c4cccc(O)c4)c[nH]c3c21. The average Bonchev–Trinajstić information content (AvgIpc) is 3.02. The lowest BCUT2D eigenvalue weighted by Crippen LogP contribution is -1.93. The lowest BCUT2D eigenvalue weighted by molar-refractivity contribution is 0.101. The lowest BCUT2D eigenvalue weighted by Gasteiger charge is -2.02. The van der Waals surface area contributed by atoms with Crippen LogP contribution in [-0.2, 0) is 0 Å². The molecule has 2 N–H and O–H groups in total. The number of H-pyrrole nitrogens is 1. The molecule has 0 bridgehead atoms. The molecule has 4 heteroatoms. The zero-order chi connectivity index (χ0) is 13.7. The molecule has 0 saturated carbocycles. The van der Waals surface area contributed by atoms with Crippen LogP contribution in [0, 0.1) is 0 Å². The summed E-state index contributed by atoms with van der Waals surface area (Å²) < 4.78 is 0. The zero-order valence-electron chi connectivity index (χ0n) is 10.4. The predicted molar refractivity (Wildman–Crippen MR) is 77.3 cm³/mol. The van der Waals surface area contributed by atoms with Crippen molar-refractivity contribution in [2.75, 3.05) is 0 Å². The number of hydrogen-bond acceptors (Lipinski definition) is 2. The number of carbonyl (C=O) groups is 1. The fourth-order valence-corrected chi connectivity index (χ4v) is 2.66. The fraction of sp³-hybridized carbons (Fsp3) is 0. The Balaban J connectivity index is 2.01. The van der Waals surface area contributed by atoms with Crippen molar-refractivity contribution in [3.05, 3.63) is 53.7 Å². The molecule has 4 rings (SSSR count). The van der Waals surface area contributed by atoms with E-state index < -0.39 is 0 Å². The van der Waals surface area contributed by atoms with E-state index in [4.69, 9.17) is 0 Å². The number of aliphatic imine (C=N–C) groups is 1. The van der Waals surface area contributed by atoms with Gasteiger partial charge in [0, 0.05) is 28.9 Å². The van der Waals surface area contributed by atoms with Crippen molar-refractivity contribution in [2.24, 2.45) is 4.99 Å². The minimum Gasteiger partial charge on any atom is -0.508 e. The Hall–Kier alpha value is -2.88. The Morgan fingerprint density at radius 3 is 2.90 bits per heavy atom. The molecule has 0 spiro atoms. The van der Waals surface area contributed by atoms with Gasteiger partial charge in [0.2, 0.25) is 0 Å². The number of fused-ring (bicyclic) bond motifs is 3. The van der Waals surface area contributed by atoms with Crippen LogP contribution in [0.1, 0.15) is 15.9 Å². The molecule has 0 atom stereocenters. The maximum Gasteiger partial charge on any atom is 0.279 e. The number of nitrogens with zero attached hydrogens (tertiary/aromatic N) is 1. The van der Waals surface area contributed by atoms with E-state index in [0.29, 0.717) is 5.56 Å². The Kier molecular flexibility index (Phi) is 2.09. The van der Waals surface area contributed by atoms with Gasteiger partial charge in [-0.05, 0) is 17.7 Å². The normalized spacial score (nSPS) is 13.1. The topological polar surface area (TPSA) is 65.4 Å². The first kappa shape index (κ1) is 11.0. The van der Waals surface area contributed by atoms with Gasteiger partial charge in [-0.1, -0.05) is 24.3 Å². The molecule has 1 aliphatic rings. The number of phenolic OH excluding ortho intramolecular Hbond substituents is 1. The van der Waals surface area contributed by atoms with Crippen LogP contribution in [0.5, 0.6) is 5.75 Å². The first-order valence-corrected chi connectivity index (χ1v) is 6.26. The van der Waals surface area contributed by atoms with Gasteiger partial charge in [0.1, 0.15) is 5.75 Å². The number of carbonyl (C=O) groups excluding carboxylic acids is 1. The molecule has 1 aromatic heterocycles. The van der Waals surface area contributed by atoms with Gasteiger partial charge in [-0.15, -0.1) is 0 Å². The number of nitrogens with one attached hydrogen (secondary N) is 1. The molecular formula is C16H10N2O2. The van der Waals surface area contributed by atoms with Crippen molar-refractivity contribution in [1.29, 1.82) is 0 Å². The van der Waals surface area contributed by atoms with Crippen molar-refractivity contribution >= 4 is 23.0 Å². The number of hydrogen-bond donors (Lipinski definition) is 2. The summed E-state index contributed by atoms with van der Waals surface area (Å²) in [6, 6.07) is 10.9. The van der Waals surface area contributed by atoms with Crippen LogP contribution < -0.4 is 0 Å². The van der Waals surface area contributed by atoms with Gasteiger partial charge in [0.15, 0.2) is 0 Å². The monoisotopic (exact) mass is 262 g/mol. The van der Waals surface area contributed by atoms with Gasteiger partial charge < -0.3 is 10.1 Å². The predicted octanol–water partition coefficient (Wildman–Crippen LogP) is 3.11. The van der Waals surface area contributed by atoms with Gasteiger partial charge in [-0.2, -0.15) is 0 Å². The molecule has 0 radical (unpaired) electrons. The smallest absolute Gasteiger partial charge is 0.279 e. The maximum atomic E-state index is 11.8. The van der Waals surface area contributed by atoms with Crippen LogP contribution in [0.4, 0.5) is 0 Å². The van der Waals surface area contributed by atoms with Crippen LogP contribution in [0.15, 0.2) is 47.6 Å². The third-order valence-electron chi connectivity index (χ3n) is 3.58. The number of aromatic nitrogens is 1. The molecule has 0 unspecified atom stereocenters. The minimum atomic E-state index is -0.213. The second-order valence-electron chi connectivity index (χ2n) is 4.77. The highest BCUT2D eigenvalue weighted by atomic mass is 16.3. The van der Waals surface area contributed by atoms with E-state index in [1.54, 1.807) is 24.4 Å². The van der Waals surface area contributed by atoms with Crippen LogP contribution >= 0.6 is 0 Å². The molecule has 2 heterocycles. The summed E-state index contributed by atoms with van der Waals surface area (Å²) in [6.45, 7) is 0. The molecule has 2 aromatic carbocycles. The summed E-state index contributed by atoms with van der Waals surface area (Å²) in [7, 11) is 0. The molecular weight excluding hydrogens is 252 g/mol. The molecule has 1 aliphatic heterocycles. The van der Waals surface area contributed by atoms with Crippen LogP contribution in [0.3, 0.4) is 0 Å². The maximum absolute atomic E-state index is 11.8. The van der Waals surface area contributed by atoms with E-state index in [0.717, 1.165) is 27.6 Å². The molecule has 96 valence electrons. The lowest BCUT2D eigenvalue weighted by atomic mass is 10.0. The molecule has 3 aromatic rings. The first-order chi connectivity index (χ1) is 9.74. The third-order valence-corrected chi connectivity index (χ3v) is 3.58. The number of benzene rings is 2. The first-order valence-electron chi connectivity index (χ1n) is 6.26. The van der Waals surface area contributed by atoms with Crippen molar-refractivity contribution in [1.82, 2.24) is 4.98 Å². The van der Waals surface area contributed by atoms with Gasteiger partial charge in [0.05, 0.1) is 11.1 Å². The average molecular weight is 262 g/mol. The molecule has 4 nitrogen and oxygen atoms in total. The number of aromatic hydroxyl groups is 1. The molecule has 20 heavy (non-hydrogen) atoms. The van der Waals surface area contributed by atoms with Gasteiger partial charge in [-0.25, -0.2) is 4.99 Å². The van der Waals surface area contributed by atoms with E-state index in [2.05, 4.69) is 9.98 Å². The van der Waals surface area contributed by atoms with Gasteiger partial charge >= 0.3 is 0 Å². The van der Waals surface area contributed by atoms with Crippen molar-refractivity contribution in [3.63, 3.8) is 0 Å². The van der Waals surface area contributed by atoms with Gasteiger partial charge in [-0.3, -0.25) is 4.79 Å². The third kappa shape index (κ3) is 1.42. The number of aromatic amines is 1. The van der Waals surface area contributed by atoms with Crippen molar-refractivity contribution in [3.8, 4) is 16.9 Å². The van der Waals surface area contributed by atoms with E-state index in [9.17, 15) is 9.90 Å². The van der Waals surface area contributed by atoms with Gasteiger partial charge in [0.25, 0.3) is 5.91 Å². The van der Waals surface area contributed by atoms with Crippen LogP contribution in [0.2, 0.25) is 0 Å². The standard InChI is InChI=1S/C16H10N2O2/c19-11-3-1-2-9(6-11)13-8-17-15-12(13)5-4-10-7-18-16(20)14(10)15/h1-8,17,19H. The second-order valence-corrected chi connectivity index (χ2v) is 4.77. The van der Waals surface area contributed by atoms with E-state index in [-0.39, 0.29) is 11.7 Å². The Bertz CT molecular complexity index is 891. The number of amides is 1. The summed E-state index contributed by atoms with van der Waals surface area (Å²) in [5.74, 6) is 0.00679. The van der Waals surface area contributed by atoms with Crippen LogP contribution in [0.25, 0.3) is 22.0 Å². The van der Waals surface area contributed by atoms with E-state index in [1.165, 1.54) is 0 Å². The van der Waals surface area contributed by atoms with Crippen LogP contribution in [-0.4, -0.2) is 22.2 Å².